The van der Waals surface area contributed by atoms with Crippen LogP contribution in [0.15, 0.2) is 0 Å². The van der Waals surface area contributed by atoms with Gasteiger partial charge in [0.25, 0.3) is 0 Å². The van der Waals surface area contributed by atoms with Gasteiger partial charge in [-0.05, 0) is 12.8 Å². The molecule has 146 valence electrons. The quantitative estimate of drug-likeness (QED) is 0.137. The second-order valence-electron chi connectivity index (χ2n) is 7.27. The zero-order chi connectivity index (χ0) is 17.7. The van der Waals surface area contributed by atoms with Crippen molar-refractivity contribution in [3.63, 3.8) is 0 Å². The molecular weight excluding hydrogens is 321 g/mol. The van der Waals surface area contributed by atoms with E-state index in [9.17, 15) is 4.79 Å². The van der Waals surface area contributed by atoms with Crippen LogP contribution < -0.4 is 0 Å². The van der Waals surface area contributed by atoms with Crippen LogP contribution in [0.4, 0.5) is 0 Å². The van der Waals surface area contributed by atoms with E-state index in [1.54, 1.807) is 0 Å². The van der Waals surface area contributed by atoms with Crippen LogP contribution in [0.1, 0.15) is 129 Å². The summed E-state index contributed by atoms with van der Waals surface area (Å²) >= 11 is 0. The molecule has 0 amide bonds. The molecule has 0 aromatic rings. The van der Waals surface area contributed by atoms with Gasteiger partial charge in [-0.1, -0.05) is 110 Å². The Labute approximate surface area is 174 Å². The summed E-state index contributed by atoms with van der Waals surface area (Å²) in [6.45, 7) is 5.00. The van der Waals surface area contributed by atoms with Crippen molar-refractivity contribution in [2.75, 3.05) is 6.61 Å². The molecule has 0 spiro atoms. The summed E-state index contributed by atoms with van der Waals surface area (Å²) in [4.78, 5) is 11.4. The molecule has 0 saturated carbocycles. The zero-order valence-corrected chi connectivity index (χ0v) is 18.9. The van der Waals surface area contributed by atoms with Crippen molar-refractivity contribution in [3.05, 3.63) is 0 Å². The first-order valence-electron chi connectivity index (χ1n) is 11.0. The van der Waals surface area contributed by atoms with Crippen molar-refractivity contribution in [3.8, 4) is 0 Å². The molecule has 0 aliphatic carbocycles. The topological polar surface area (TPSA) is 26.3 Å². The third-order valence-corrected chi connectivity index (χ3v) is 4.75. The lowest BCUT2D eigenvalue weighted by molar-refractivity contribution is -0.143. The number of hydrogen-bond donors (Lipinski definition) is 0. The van der Waals surface area contributed by atoms with Crippen molar-refractivity contribution >= 4 is 29.0 Å². The number of rotatable bonds is 19. The number of carbonyl (C=O) groups is 1. The smallest absolute Gasteiger partial charge is 0.305 e. The highest BCUT2D eigenvalue weighted by Crippen LogP contribution is 2.13. The Hall–Kier alpha value is 0.236. The molecule has 0 aromatic carbocycles. The predicted octanol–water partition coefficient (Wildman–Crippen LogP) is 7.21. The Morgan fingerprint density at radius 2 is 0.920 bits per heavy atom. The average molecular weight is 365 g/mol. The standard InChI is InChI=1S/C22H44O2.Mg/c1-3-5-7-8-9-10-11-12-13-14-15-16-17-18-19-20-22(23)24-21-6-4-2;/h3-21H2,1-2H3;. The van der Waals surface area contributed by atoms with Crippen LogP contribution in [0.5, 0.6) is 0 Å². The van der Waals surface area contributed by atoms with Crippen LogP contribution >= 0.6 is 0 Å². The molecule has 0 rings (SSSR count). The van der Waals surface area contributed by atoms with Crippen molar-refractivity contribution < 1.29 is 9.53 Å². The van der Waals surface area contributed by atoms with Crippen LogP contribution in [-0.2, 0) is 9.53 Å². The minimum absolute atomic E-state index is 0. The van der Waals surface area contributed by atoms with Gasteiger partial charge in [0.1, 0.15) is 0 Å². The molecule has 0 aliphatic heterocycles. The molecule has 25 heavy (non-hydrogen) atoms. The highest BCUT2D eigenvalue weighted by atomic mass is 24.3. The Morgan fingerprint density at radius 1 is 0.560 bits per heavy atom. The molecule has 0 atom stereocenters. The lowest BCUT2D eigenvalue weighted by Crippen LogP contribution is -2.05. The van der Waals surface area contributed by atoms with Gasteiger partial charge in [0.2, 0.25) is 0 Å². The molecule has 2 radical (unpaired) electrons. The third kappa shape index (κ3) is 24.2. The van der Waals surface area contributed by atoms with Crippen molar-refractivity contribution in [1.29, 1.82) is 0 Å². The number of hydrogen-bond acceptors (Lipinski definition) is 2. The Kier molecular flexibility index (Phi) is 26.6. The Balaban J connectivity index is 0. The van der Waals surface area contributed by atoms with Crippen molar-refractivity contribution in [2.45, 2.75) is 129 Å². The highest BCUT2D eigenvalue weighted by Gasteiger charge is 2.01. The summed E-state index contributed by atoms with van der Waals surface area (Å²) in [5, 5.41) is 0. The van der Waals surface area contributed by atoms with Gasteiger partial charge < -0.3 is 4.74 Å². The second-order valence-corrected chi connectivity index (χ2v) is 7.27. The first kappa shape index (κ1) is 27.5. The molecule has 0 unspecified atom stereocenters. The number of unbranched alkanes of at least 4 members (excludes halogenated alkanes) is 15. The number of esters is 1. The summed E-state index contributed by atoms with van der Waals surface area (Å²) in [5.74, 6) is -0.00172. The predicted molar refractivity (Wildman–Crippen MR) is 111 cm³/mol. The van der Waals surface area contributed by atoms with Gasteiger partial charge in [-0.2, -0.15) is 0 Å². The van der Waals surface area contributed by atoms with Gasteiger partial charge in [0.05, 0.1) is 6.61 Å². The fourth-order valence-electron chi connectivity index (χ4n) is 3.04. The SMILES string of the molecule is CCCCCCCCCCCCCCCCCC(=O)OCCCC.[Mg]. The van der Waals surface area contributed by atoms with E-state index in [0.29, 0.717) is 13.0 Å². The largest absolute Gasteiger partial charge is 0.466 e. The zero-order valence-electron chi connectivity index (χ0n) is 17.5. The van der Waals surface area contributed by atoms with E-state index in [1.165, 1.54) is 89.9 Å². The molecule has 0 aliphatic rings. The molecule has 0 aromatic heterocycles. The van der Waals surface area contributed by atoms with Gasteiger partial charge in [-0.25, -0.2) is 0 Å². The van der Waals surface area contributed by atoms with Gasteiger partial charge in [0.15, 0.2) is 0 Å². The molecular formula is C22H44MgO2. The van der Waals surface area contributed by atoms with Crippen LogP contribution in [0.2, 0.25) is 0 Å². The first-order chi connectivity index (χ1) is 11.8. The molecule has 2 nitrogen and oxygen atoms in total. The second kappa shape index (κ2) is 24.2. The van der Waals surface area contributed by atoms with Gasteiger partial charge in [-0.3, -0.25) is 4.79 Å². The van der Waals surface area contributed by atoms with E-state index < -0.39 is 0 Å². The van der Waals surface area contributed by atoms with E-state index in [1.807, 2.05) is 0 Å². The van der Waals surface area contributed by atoms with Gasteiger partial charge >= 0.3 is 5.97 Å². The molecule has 0 saturated heterocycles. The van der Waals surface area contributed by atoms with E-state index >= 15 is 0 Å². The molecule has 0 bridgehead atoms. The molecule has 0 heterocycles. The lowest BCUT2D eigenvalue weighted by Gasteiger charge is -2.04. The monoisotopic (exact) mass is 364 g/mol. The maximum Gasteiger partial charge on any atom is 0.305 e. The summed E-state index contributed by atoms with van der Waals surface area (Å²) < 4.78 is 5.16. The Bertz CT molecular complexity index is 256. The summed E-state index contributed by atoms with van der Waals surface area (Å²) in [5.41, 5.74) is 0. The van der Waals surface area contributed by atoms with E-state index in [2.05, 4.69) is 13.8 Å². The summed E-state index contributed by atoms with van der Waals surface area (Å²) in [6.07, 6.45) is 23.1. The normalized spacial score (nSPS) is 10.5. The van der Waals surface area contributed by atoms with Gasteiger partial charge in [0, 0.05) is 29.5 Å². The maximum absolute atomic E-state index is 11.4. The number of ether oxygens (including phenoxy) is 1. The minimum Gasteiger partial charge on any atom is -0.466 e. The van der Waals surface area contributed by atoms with Crippen LogP contribution in [0.25, 0.3) is 0 Å². The van der Waals surface area contributed by atoms with Crippen LogP contribution in [-0.4, -0.2) is 35.6 Å². The first-order valence-corrected chi connectivity index (χ1v) is 11.0. The van der Waals surface area contributed by atoms with E-state index in [0.717, 1.165) is 19.3 Å². The lowest BCUT2D eigenvalue weighted by atomic mass is 10.0. The minimum atomic E-state index is -0.00172. The fourth-order valence-corrected chi connectivity index (χ4v) is 3.04. The third-order valence-electron chi connectivity index (χ3n) is 4.75. The van der Waals surface area contributed by atoms with Crippen molar-refractivity contribution in [1.82, 2.24) is 0 Å². The van der Waals surface area contributed by atoms with Gasteiger partial charge in [-0.15, -0.1) is 0 Å². The molecule has 0 fully saturated rings. The summed E-state index contributed by atoms with van der Waals surface area (Å²) in [6, 6.07) is 0. The van der Waals surface area contributed by atoms with E-state index in [4.69, 9.17) is 4.74 Å². The molecule has 3 heteroatoms. The maximum atomic E-state index is 11.4. The van der Waals surface area contributed by atoms with Crippen LogP contribution in [0.3, 0.4) is 0 Å². The Morgan fingerprint density at radius 3 is 1.32 bits per heavy atom. The van der Waals surface area contributed by atoms with Crippen molar-refractivity contribution in [2.24, 2.45) is 0 Å². The van der Waals surface area contributed by atoms with Crippen LogP contribution in [0, 0.1) is 0 Å². The molecule has 0 N–H and O–H groups in total. The van der Waals surface area contributed by atoms with E-state index in [-0.39, 0.29) is 29.0 Å². The average Bonchev–Trinajstić information content (AvgIpc) is 2.58. The number of carbonyl (C=O) groups excluding carboxylic acids is 1. The fraction of sp³-hybridized carbons (Fsp3) is 0.955. The highest BCUT2D eigenvalue weighted by molar-refractivity contribution is 5.75. The summed E-state index contributed by atoms with van der Waals surface area (Å²) in [7, 11) is 0.